The van der Waals surface area contributed by atoms with Gasteiger partial charge in [0.15, 0.2) is 0 Å². The van der Waals surface area contributed by atoms with Crippen molar-refractivity contribution in [2.75, 3.05) is 36.5 Å². The predicted octanol–water partition coefficient (Wildman–Crippen LogP) is 2.96. The van der Waals surface area contributed by atoms with Gasteiger partial charge in [-0.3, -0.25) is 4.79 Å². The van der Waals surface area contributed by atoms with Gasteiger partial charge in [-0.2, -0.15) is 17.0 Å². The van der Waals surface area contributed by atoms with E-state index in [1.54, 1.807) is 24.3 Å². The highest BCUT2D eigenvalue weighted by Gasteiger charge is 2.03. The molecule has 1 aromatic carbocycles. The Morgan fingerprint density at radius 1 is 1.24 bits per heavy atom. The lowest BCUT2D eigenvalue weighted by atomic mass is 10.2. The molecule has 1 amide bonds. The van der Waals surface area contributed by atoms with E-state index >= 15 is 0 Å². The van der Waals surface area contributed by atoms with Crippen LogP contribution in [0.15, 0.2) is 24.3 Å². The summed E-state index contributed by atoms with van der Waals surface area (Å²) < 4.78 is 0. The second-order valence-corrected chi connectivity index (χ2v) is 5.85. The molecule has 0 saturated heterocycles. The summed E-state index contributed by atoms with van der Waals surface area (Å²) >= 11 is 1.81. The second-order valence-electron chi connectivity index (χ2n) is 4.63. The molecule has 0 heterocycles. The number of nitrogens with zero attached hydrogens (tertiary/aromatic N) is 2. The first-order valence-corrected chi connectivity index (χ1v) is 8.45. The van der Waals surface area contributed by atoms with E-state index in [-0.39, 0.29) is 5.91 Å². The van der Waals surface area contributed by atoms with Crippen molar-refractivity contribution in [2.24, 2.45) is 0 Å². The number of benzene rings is 1. The number of carbonyl (C=O) groups is 1. The monoisotopic (exact) mass is 305 g/mol. The summed E-state index contributed by atoms with van der Waals surface area (Å²) in [4.78, 5) is 14.2. The Morgan fingerprint density at radius 2 is 1.90 bits per heavy atom. The summed E-state index contributed by atoms with van der Waals surface area (Å²) in [5.41, 5.74) is 1.34. The average molecular weight is 305 g/mol. The Labute approximate surface area is 131 Å². The van der Waals surface area contributed by atoms with Crippen LogP contribution in [0.25, 0.3) is 0 Å². The average Bonchev–Trinajstić information content (AvgIpc) is 2.51. The third-order valence-corrected chi connectivity index (χ3v) is 4.18. The number of nitriles is 1. The summed E-state index contributed by atoms with van der Waals surface area (Å²) in [6.07, 6.45) is 0.517. The predicted molar refractivity (Wildman–Crippen MR) is 89.5 cm³/mol. The largest absolute Gasteiger partial charge is 0.326 e. The fourth-order valence-electron chi connectivity index (χ4n) is 1.85. The number of hydrogen-bond acceptors (Lipinski definition) is 4. The summed E-state index contributed by atoms with van der Waals surface area (Å²) in [7, 11) is 0. The number of anilines is 1. The molecule has 1 aromatic rings. The van der Waals surface area contributed by atoms with E-state index in [9.17, 15) is 4.79 Å². The molecule has 0 atom stereocenters. The summed E-state index contributed by atoms with van der Waals surface area (Å²) in [5, 5.41) is 11.6. The number of thioether (sulfide) groups is 1. The van der Waals surface area contributed by atoms with Crippen LogP contribution in [0.1, 0.15) is 25.8 Å². The van der Waals surface area contributed by atoms with E-state index in [0.29, 0.717) is 12.0 Å². The highest BCUT2D eigenvalue weighted by Crippen LogP contribution is 2.10. The van der Waals surface area contributed by atoms with Gasteiger partial charge < -0.3 is 10.2 Å². The zero-order valence-electron chi connectivity index (χ0n) is 12.8. The first-order chi connectivity index (χ1) is 10.2. The Balaban J connectivity index is 2.18. The lowest BCUT2D eigenvalue weighted by molar-refractivity contribution is -0.115. The van der Waals surface area contributed by atoms with Crippen molar-refractivity contribution in [1.82, 2.24) is 4.90 Å². The molecule has 0 aliphatic rings. The van der Waals surface area contributed by atoms with Crippen molar-refractivity contribution in [3.8, 4) is 6.07 Å². The quantitative estimate of drug-likeness (QED) is 0.713. The van der Waals surface area contributed by atoms with E-state index < -0.39 is 0 Å². The van der Waals surface area contributed by atoms with Gasteiger partial charge in [0.05, 0.1) is 11.6 Å². The molecule has 5 heteroatoms. The van der Waals surface area contributed by atoms with Crippen molar-refractivity contribution in [3.05, 3.63) is 29.8 Å². The number of nitrogens with one attached hydrogen (secondary N) is 1. The summed E-state index contributed by atoms with van der Waals surface area (Å²) in [6.45, 7) is 7.57. The van der Waals surface area contributed by atoms with Gasteiger partial charge in [-0.1, -0.05) is 13.8 Å². The van der Waals surface area contributed by atoms with Gasteiger partial charge in [0.1, 0.15) is 0 Å². The lowest BCUT2D eigenvalue weighted by Gasteiger charge is -2.17. The Hall–Kier alpha value is -1.51. The number of hydrogen-bond donors (Lipinski definition) is 1. The standard InChI is InChI=1S/C16H23N3OS/c1-3-19(4-2)10-12-21-11-9-16(20)18-15-7-5-14(13-17)6-8-15/h5-8H,3-4,9-12H2,1-2H3,(H,18,20). The minimum absolute atomic E-state index is 0.0232. The van der Waals surface area contributed by atoms with E-state index in [0.717, 1.165) is 36.8 Å². The fourth-order valence-corrected chi connectivity index (χ4v) is 2.77. The van der Waals surface area contributed by atoms with Gasteiger partial charge in [0, 0.05) is 30.2 Å². The molecular weight excluding hydrogens is 282 g/mol. The van der Waals surface area contributed by atoms with Crippen LogP contribution < -0.4 is 5.32 Å². The Kier molecular flexibility index (Phi) is 8.56. The molecule has 4 nitrogen and oxygen atoms in total. The maximum Gasteiger partial charge on any atom is 0.225 e. The highest BCUT2D eigenvalue weighted by molar-refractivity contribution is 7.99. The molecule has 21 heavy (non-hydrogen) atoms. The molecule has 1 N–H and O–H groups in total. The number of amides is 1. The first kappa shape index (κ1) is 17.5. The molecule has 0 unspecified atom stereocenters. The van der Waals surface area contributed by atoms with Crippen molar-refractivity contribution in [3.63, 3.8) is 0 Å². The van der Waals surface area contributed by atoms with Gasteiger partial charge in [-0.25, -0.2) is 0 Å². The normalized spacial score (nSPS) is 10.4. The maximum absolute atomic E-state index is 11.8. The van der Waals surface area contributed by atoms with Crippen LogP contribution in [0.5, 0.6) is 0 Å². The molecular formula is C16H23N3OS. The molecule has 0 fully saturated rings. The van der Waals surface area contributed by atoms with E-state index in [4.69, 9.17) is 5.26 Å². The first-order valence-electron chi connectivity index (χ1n) is 7.29. The van der Waals surface area contributed by atoms with Crippen molar-refractivity contribution in [2.45, 2.75) is 20.3 Å². The zero-order valence-corrected chi connectivity index (χ0v) is 13.6. The third kappa shape index (κ3) is 7.16. The Morgan fingerprint density at radius 3 is 2.48 bits per heavy atom. The minimum Gasteiger partial charge on any atom is -0.326 e. The van der Waals surface area contributed by atoms with Crippen LogP contribution in [0, 0.1) is 11.3 Å². The molecule has 114 valence electrons. The van der Waals surface area contributed by atoms with Gasteiger partial charge in [0.2, 0.25) is 5.91 Å². The highest BCUT2D eigenvalue weighted by atomic mass is 32.2. The van der Waals surface area contributed by atoms with Crippen molar-refractivity contribution in [1.29, 1.82) is 5.26 Å². The molecule has 1 rings (SSSR count). The van der Waals surface area contributed by atoms with Crippen LogP contribution >= 0.6 is 11.8 Å². The fraction of sp³-hybridized carbons (Fsp3) is 0.500. The van der Waals surface area contributed by atoms with Crippen LogP contribution in [-0.2, 0) is 4.79 Å². The zero-order chi connectivity index (χ0) is 15.5. The Bertz CT molecular complexity index is 463. The number of carbonyl (C=O) groups excluding carboxylic acids is 1. The lowest BCUT2D eigenvalue weighted by Crippen LogP contribution is -2.25. The van der Waals surface area contributed by atoms with Crippen LogP contribution in [0.3, 0.4) is 0 Å². The molecule has 0 spiro atoms. The molecule has 0 bridgehead atoms. The van der Waals surface area contributed by atoms with E-state index in [1.807, 2.05) is 11.8 Å². The van der Waals surface area contributed by atoms with E-state index in [2.05, 4.69) is 30.1 Å². The van der Waals surface area contributed by atoms with Crippen LogP contribution in [0.4, 0.5) is 5.69 Å². The van der Waals surface area contributed by atoms with Gasteiger partial charge in [0.25, 0.3) is 0 Å². The smallest absolute Gasteiger partial charge is 0.225 e. The van der Waals surface area contributed by atoms with Crippen molar-refractivity contribution >= 4 is 23.4 Å². The second kappa shape index (κ2) is 10.3. The molecule has 0 aromatic heterocycles. The number of rotatable bonds is 9. The topological polar surface area (TPSA) is 56.1 Å². The van der Waals surface area contributed by atoms with Gasteiger partial charge >= 0.3 is 0 Å². The maximum atomic E-state index is 11.8. The summed E-state index contributed by atoms with van der Waals surface area (Å²) in [5.74, 6) is 1.92. The van der Waals surface area contributed by atoms with E-state index in [1.165, 1.54) is 0 Å². The van der Waals surface area contributed by atoms with Crippen molar-refractivity contribution < 1.29 is 4.79 Å². The SMILES string of the molecule is CCN(CC)CCSCCC(=O)Nc1ccc(C#N)cc1. The van der Waals surface area contributed by atoms with Gasteiger partial charge in [-0.15, -0.1) is 0 Å². The molecule has 0 radical (unpaired) electrons. The van der Waals surface area contributed by atoms with Gasteiger partial charge in [-0.05, 0) is 37.4 Å². The molecule has 0 saturated carbocycles. The summed E-state index contributed by atoms with van der Waals surface area (Å²) in [6, 6.07) is 8.97. The van der Waals surface area contributed by atoms with Crippen LogP contribution in [-0.4, -0.2) is 41.9 Å². The molecule has 0 aliphatic heterocycles. The molecule has 0 aliphatic carbocycles. The third-order valence-electron chi connectivity index (χ3n) is 3.22. The van der Waals surface area contributed by atoms with Crippen LogP contribution in [0.2, 0.25) is 0 Å². The minimum atomic E-state index is 0.0232.